The molecule has 0 amide bonds. The fourth-order valence-corrected chi connectivity index (χ4v) is 4.13. The van der Waals surface area contributed by atoms with Crippen LogP contribution in [0.15, 0.2) is 107 Å². The highest BCUT2D eigenvalue weighted by Gasteiger charge is 2.43. The summed E-state index contributed by atoms with van der Waals surface area (Å²) in [6.07, 6.45) is 3.77. The van der Waals surface area contributed by atoms with Crippen molar-refractivity contribution in [3.05, 3.63) is 113 Å². The summed E-state index contributed by atoms with van der Waals surface area (Å²) >= 11 is 0. The molecule has 4 heteroatoms. The van der Waals surface area contributed by atoms with E-state index in [2.05, 4.69) is 77.6 Å². The first-order valence-electron chi connectivity index (χ1n) is 9.96. The molecule has 1 heterocycles. The molecule has 1 aliphatic heterocycles. The number of benzene rings is 3. The molecule has 1 unspecified atom stereocenters. The summed E-state index contributed by atoms with van der Waals surface area (Å²) in [7, 11) is 3.70. The van der Waals surface area contributed by atoms with Crippen LogP contribution in [0.4, 0.5) is 5.69 Å². The molecule has 0 saturated heterocycles. The van der Waals surface area contributed by atoms with Crippen molar-refractivity contribution in [2.24, 2.45) is 10.2 Å². The van der Waals surface area contributed by atoms with Gasteiger partial charge in [0.1, 0.15) is 0 Å². The molecule has 0 aliphatic carbocycles. The van der Waals surface area contributed by atoms with Gasteiger partial charge in [-0.15, -0.1) is 5.10 Å². The third kappa shape index (κ3) is 3.41. The molecule has 0 N–H and O–H groups in total. The minimum atomic E-state index is -0.272. The Morgan fingerprint density at radius 2 is 1.53 bits per heavy atom. The quantitative estimate of drug-likeness (QED) is 0.337. The predicted octanol–water partition coefficient (Wildman–Crippen LogP) is 5.41. The number of hydrogen-bond donors (Lipinski definition) is 0. The lowest BCUT2D eigenvalue weighted by Crippen LogP contribution is -2.27. The van der Waals surface area contributed by atoms with E-state index in [1.54, 1.807) is 13.3 Å². The van der Waals surface area contributed by atoms with Crippen molar-refractivity contribution in [1.29, 1.82) is 0 Å². The monoisotopic (exact) mass is 395 g/mol. The van der Waals surface area contributed by atoms with Crippen molar-refractivity contribution in [3.63, 3.8) is 0 Å². The number of anilines is 1. The minimum absolute atomic E-state index is 0.272. The molecule has 1 atom stereocenters. The lowest BCUT2D eigenvalue weighted by Gasteiger charge is -2.29. The molecule has 0 spiro atoms. The van der Waals surface area contributed by atoms with Crippen LogP contribution in [0.2, 0.25) is 0 Å². The van der Waals surface area contributed by atoms with Crippen LogP contribution >= 0.6 is 0 Å². The molecule has 4 nitrogen and oxygen atoms in total. The predicted molar refractivity (Wildman–Crippen MR) is 124 cm³/mol. The molecule has 1 aliphatic rings. The highest BCUT2D eigenvalue weighted by atomic mass is 16.5. The third-order valence-electron chi connectivity index (χ3n) is 5.69. The first-order chi connectivity index (χ1) is 14.7. The largest absolute Gasteiger partial charge is 0.479 e. The van der Waals surface area contributed by atoms with Crippen molar-refractivity contribution in [2.75, 3.05) is 19.1 Å². The van der Waals surface area contributed by atoms with Crippen LogP contribution in [0, 0.1) is 0 Å². The number of para-hydroxylation sites is 1. The van der Waals surface area contributed by atoms with Crippen molar-refractivity contribution >= 4 is 17.8 Å². The van der Waals surface area contributed by atoms with E-state index in [0.717, 1.165) is 11.3 Å². The smallest absolute Gasteiger partial charge is 0.240 e. The van der Waals surface area contributed by atoms with Gasteiger partial charge in [-0.2, -0.15) is 5.10 Å². The fraction of sp³-hybridized carbons (Fsp3) is 0.154. The second kappa shape index (κ2) is 8.37. The number of methoxy groups -OCH3 is 1. The van der Waals surface area contributed by atoms with Crippen LogP contribution in [0.1, 0.15) is 23.6 Å². The number of hydrogen-bond acceptors (Lipinski definition) is 4. The Labute approximate surface area is 177 Å². The molecular weight excluding hydrogens is 370 g/mol. The lowest BCUT2D eigenvalue weighted by atomic mass is 9.75. The summed E-state index contributed by atoms with van der Waals surface area (Å²) < 4.78 is 5.40. The van der Waals surface area contributed by atoms with Gasteiger partial charge < -0.3 is 9.64 Å². The molecule has 0 saturated carbocycles. The van der Waals surface area contributed by atoms with Crippen LogP contribution in [-0.4, -0.2) is 26.3 Å². The number of fused-ring (bicyclic) bond motifs is 1. The molecule has 4 rings (SSSR count). The number of allylic oxidation sites excluding steroid dienone is 2. The number of nitrogens with zero attached hydrogens (tertiary/aromatic N) is 3. The number of likely N-dealkylation sites (N-methyl/N-ethyl adjacent to an activating group) is 1. The standard InChI is InChI=1S/C26H25N3O/c1-26(21-14-8-5-9-15-21)22-16-10-11-17-23(22)29(2)24(26)18-19-27-28-25(30-3)20-12-6-4-7-13-20/h4-19H,1-3H3/b24-18-,27-19+,28-25-. The highest BCUT2D eigenvalue weighted by Crippen LogP contribution is 2.50. The molecule has 3 aromatic rings. The van der Waals surface area contributed by atoms with Gasteiger partial charge >= 0.3 is 0 Å². The van der Waals surface area contributed by atoms with Crippen molar-refractivity contribution in [1.82, 2.24) is 0 Å². The Morgan fingerprint density at radius 3 is 2.23 bits per heavy atom. The summed E-state index contributed by atoms with van der Waals surface area (Å²) in [5, 5.41) is 8.54. The van der Waals surface area contributed by atoms with E-state index < -0.39 is 0 Å². The Hall–Kier alpha value is -3.66. The molecule has 150 valence electrons. The maximum atomic E-state index is 5.40. The van der Waals surface area contributed by atoms with E-state index in [0.29, 0.717) is 5.90 Å². The first-order valence-corrected chi connectivity index (χ1v) is 9.96. The van der Waals surface area contributed by atoms with Gasteiger partial charge in [0.2, 0.25) is 5.90 Å². The van der Waals surface area contributed by atoms with Gasteiger partial charge in [-0.3, -0.25) is 0 Å². The van der Waals surface area contributed by atoms with E-state index in [9.17, 15) is 0 Å². The second-order valence-electron chi connectivity index (χ2n) is 7.36. The van der Waals surface area contributed by atoms with Gasteiger partial charge in [-0.05, 0) is 42.3 Å². The van der Waals surface area contributed by atoms with E-state index in [4.69, 9.17) is 4.74 Å². The molecule has 0 fully saturated rings. The summed E-state index contributed by atoms with van der Waals surface area (Å²) in [6.45, 7) is 2.26. The normalized spacial score (nSPS) is 20.0. The van der Waals surface area contributed by atoms with Gasteiger partial charge in [-0.25, -0.2) is 0 Å². The van der Waals surface area contributed by atoms with E-state index in [1.165, 1.54) is 16.8 Å². The van der Waals surface area contributed by atoms with Crippen molar-refractivity contribution in [2.45, 2.75) is 12.3 Å². The summed E-state index contributed by atoms with van der Waals surface area (Å²) in [6, 6.07) is 28.9. The maximum absolute atomic E-state index is 5.40. The highest BCUT2D eigenvalue weighted by molar-refractivity contribution is 5.94. The average molecular weight is 396 g/mol. The maximum Gasteiger partial charge on any atom is 0.240 e. The summed E-state index contributed by atoms with van der Waals surface area (Å²) in [4.78, 5) is 2.23. The fourth-order valence-electron chi connectivity index (χ4n) is 4.13. The van der Waals surface area contributed by atoms with Crippen LogP contribution in [0.5, 0.6) is 0 Å². The Bertz CT molecular complexity index is 1100. The first kappa shape index (κ1) is 19.6. The second-order valence-corrected chi connectivity index (χ2v) is 7.36. The number of rotatable bonds is 4. The third-order valence-corrected chi connectivity index (χ3v) is 5.69. The molecule has 0 radical (unpaired) electrons. The van der Waals surface area contributed by atoms with Crippen LogP contribution in [0.3, 0.4) is 0 Å². The molecule has 3 aromatic carbocycles. The zero-order valence-electron chi connectivity index (χ0n) is 17.5. The number of ether oxygens (including phenoxy) is 1. The molecule has 0 aromatic heterocycles. The Kier molecular flexibility index (Phi) is 5.48. The molecular formula is C26H25N3O. The van der Waals surface area contributed by atoms with E-state index in [1.807, 2.05) is 42.5 Å². The van der Waals surface area contributed by atoms with Gasteiger partial charge in [0, 0.05) is 24.0 Å². The van der Waals surface area contributed by atoms with E-state index in [-0.39, 0.29) is 5.41 Å². The van der Waals surface area contributed by atoms with Gasteiger partial charge in [-0.1, -0.05) is 66.7 Å². The van der Waals surface area contributed by atoms with Crippen LogP contribution in [-0.2, 0) is 10.2 Å². The van der Waals surface area contributed by atoms with Crippen LogP contribution in [0.25, 0.3) is 0 Å². The van der Waals surface area contributed by atoms with Crippen molar-refractivity contribution < 1.29 is 4.74 Å². The van der Waals surface area contributed by atoms with Crippen molar-refractivity contribution in [3.8, 4) is 0 Å². The summed E-state index contributed by atoms with van der Waals surface area (Å²) in [5.74, 6) is 0.485. The molecule has 30 heavy (non-hydrogen) atoms. The van der Waals surface area contributed by atoms with Gasteiger partial charge in [0.05, 0.1) is 18.7 Å². The Morgan fingerprint density at radius 1 is 0.900 bits per heavy atom. The zero-order valence-corrected chi connectivity index (χ0v) is 17.5. The van der Waals surface area contributed by atoms with Crippen LogP contribution < -0.4 is 4.90 Å². The van der Waals surface area contributed by atoms with Gasteiger partial charge in [0.25, 0.3) is 0 Å². The van der Waals surface area contributed by atoms with E-state index >= 15 is 0 Å². The SMILES string of the molecule is CO\C(=N/N=C/C=C1\N(C)c2ccccc2C1(C)c1ccccc1)c1ccccc1. The minimum Gasteiger partial charge on any atom is -0.479 e. The topological polar surface area (TPSA) is 37.2 Å². The Balaban J connectivity index is 1.72. The molecule has 0 bridgehead atoms. The van der Waals surface area contributed by atoms with Gasteiger partial charge in [0.15, 0.2) is 0 Å². The lowest BCUT2D eigenvalue weighted by molar-refractivity contribution is 0.403. The summed E-state index contributed by atoms with van der Waals surface area (Å²) in [5.41, 5.74) is 5.49. The average Bonchev–Trinajstić information content (AvgIpc) is 3.03. The zero-order chi connectivity index (χ0) is 21.0.